The number of nitrogens with two attached hydrogens (primary N) is 1. The first-order valence-electron chi connectivity index (χ1n) is 5.33. The number of aryl methyl sites for hydroxylation is 1. The summed E-state index contributed by atoms with van der Waals surface area (Å²) in [6, 6.07) is 6.10. The van der Waals surface area contributed by atoms with Crippen molar-refractivity contribution in [1.29, 1.82) is 0 Å². The molecule has 2 N–H and O–H groups in total. The van der Waals surface area contributed by atoms with Crippen LogP contribution < -0.4 is 5.73 Å². The van der Waals surface area contributed by atoms with E-state index in [-0.39, 0.29) is 0 Å². The lowest BCUT2D eigenvalue weighted by molar-refractivity contribution is 1.05. The Hall–Kier alpha value is -1.67. The minimum absolute atomic E-state index is 0.570. The van der Waals surface area contributed by atoms with Gasteiger partial charge in [-0.25, -0.2) is 0 Å². The molecule has 0 radical (unpaired) electrons. The molecule has 0 aliphatic carbocycles. The summed E-state index contributed by atoms with van der Waals surface area (Å²) in [7, 11) is 0. The monoisotopic (exact) mass is 214 g/mol. The molecule has 0 saturated heterocycles. The minimum Gasteiger partial charge on any atom is -0.326 e. The smallest absolute Gasteiger partial charge is 0.0630 e. The van der Waals surface area contributed by atoms with E-state index < -0.39 is 0 Å². The van der Waals surface area contributed by atoms with Crippen LogP contribution in [-0.4, -0.2) is 6.21 Å². The van der Waals surface area contributed by atoms with Gasteiger partial charge in [-0.1, -0.05) is 24.8 Å². The van der Waals surface area contributed by atoms with Crippen molar-refractivity contribution >= 4 is 11.9 Å². The van der Waals surface area contributed by atoms with E-state index in [1.165, 1.54) is 5.56 Å². The van der Waals surface area contributed by atoms with Gasteiger partial charge in [0.15, 0.2) is 0 Å². The number of allylic oxidation sites excluding steroid dienone is 2. The molecule has 0 aliphatic rings. The molecule has 1 rings (SSSR count). The van der Waals surface area contributed by atoms with Gasteiger partial charge in [-0.2, -0.15) is 0 Å². The Bertz CT molecular complexity index is 428. The van der Waals surface area contributed by atoms with Crippen LogP contribution in [0.4, 0.5) is 0 Å². The SMILES string of the molecule is C=C(N=C/C=C\C)c1ccc(CN)c(C)c1. The maximum Gasteiger partial charge on any atom is 0.0630 e. The van der Waals surface area contributed by atoms with Crippen LogP contribution >= 0.6 is 0 Å². The third kappa shape index (κ3) is 3.17. The van der Waals surface area contributed by atoms with Crippen LogP contribution in [0.25, 0.3) is 5.70 Å². The van der Waals surface area contributed by atoms with Gasteiger partial charge in [0, 0.05) is 12.8 Å². The summed E-state index contributed by atoms with van der Waals surface area (Å²) in [5.41, 5.74) is 9.76. The molecule has 2 nitrogen and oxygen atoms in total. The van der Waals surface area contributed by atoms with E-state index in [0.29, 0.717) is 6.54 Å². The van der Waals surface area contributed by atoms with Crippen molar-refractivity contribution < 1.29 is 0 Å². The molecule has 0 atom stereocenters. The van der Waals surface area contributed by atoms with Gasteiger partial charge in [-0.15, -0.1) is 0 Å². The summed E-state index contributed by atoms with van der Waals surface area (Å²) in [6.45, 7) is 8.50. The third-order valence-corrected chi connectivity index (χ3v) is 2.40. The highest BCUT2D eigenvalue weighted by Gasteiger charge is 2.00. The number of hydrogen-bond acceptors (Lipinski definition) is 2. The first-order chi connectivity index (χ1) is 7.69. The van der Waals surface area contributed by atoms with Crippen molar-refractivity contribution in [2.24, 2.45) is 10.7 Å². The maximum atomic E-state index is 5.61. The Morgan fingerprint density at radius 3 is 2.81 bits per heavy atom. The molecular weight excluding hydrogens is 196 g/mol. The quantitative estimate of drug-likeness (QED) is 0.768. The summed E-state index contributed by atoms with van der Waals surface area (Å²) in [6.07, 6.45) is 5.56. The Morgan fingerprint density at radius 2 is 2.25 bits per heavy atom. The topological polar surface area (TPSA) is 38.4 Å². The fourth-order valence-electron chi connectivity index (χ4n) is 1.40. The van der Waals surface area contributed by atoms with Crippen LogP contribution in [0.3, 0.4) is 0 Å². The van der Waals surface area contributed by atoms with E-state index in [1.54, 1.807) is 6.21 Å². The number of aliphatic imine (C=N–C) groups is 1. The molecule has 0 fully saturated rings. The molecule has 84 valence electrons. The van der Waals surface area contributed by atoms with Gasteiger partial charge in [0.2, 0.25) is 0 Å². The van der Waals surface area contributed by atoms with Gasteiger partial charge in [-0.3, -0.25) is 4.99 Å². The predicted octanol–water partition coefficient (Wildman–Crippen LogP) is 3.07. The predicted molar refractivity (Wildman–Crippen MR) is 71.4 cm³/mol. The first-order valence-corrected chi connectivity index (χ1v) is 5.33. The zero-order chi connectivity index (χ0) is 12.0. The van der Waals surface area contributed by atoms with Crippen molar-refractivity contribution in [2.75, 3.05) is 0 Å². The van der Waals surface area contributed by atoms with Gasteiger partial charge in [0.25, 0.3) is 0 Å². The summed E-state index contributed by atoms with van der Waals surface area (Å²) in [5, 5.41) is 0. The van der Waals surface area contributed by atoms with E-state index in [1.807, 2.05) is 31.2 Å². The van der Waals surface area contributed by atoms with Crippen LogP contribution in [0.2, 0.25) is 0 Å². The molecule has 0 spiro atoms. The van der Waals surface area contributed by atoms with E-state index in [9.17, 15) is 0 Å². The normalized spacial score (nSPS) is 11.4. The second-order valence-corrected chi connectivity index (χ2v) is 3.60. The van der Waals surface area contributed by atoms with Crippen molar-refractivity contribution in [1.82, 2.24) is 0 Å². The Morgan fingerprint density at radius 1 is 1.50 bits per heavy atom. The van der Waals surface area contributed by atoms with Crippen molar-refractivity contribution in [3.63, 3.8) is 0 Å². The lowest BCUT2D eigenvalue weighted by Gasteiger charge is -2.06. The Labute approximate surface area is 97.2 Å². The standard InChI is InChI=1S/C14H18N2/c1-4-5-8-16-12(3)13-6-7-14(10-15)11(2)9-13/h4-9H,3,10,15H2,1-2H3/b5-4-,16-8?. The van der Waals surface area contributed by atoms with Crippen LogP contribution in [0.5, 0.6) is 0 Å². The molecule has 0 aromatic heterocycles. The summed E-state index contributed by atoms with van der Waals surface area (Å²) in [4.78, 5) is 4.24. The lowest BCUT2D eigenvalue weighted by atomic mass is 10.0. The van der Waals surface area contributed by atoms with Crippen molar-refractivity contribution in [2.45, 2.75) is 20.4 Å². The molecule has 0 heterocycles. The van der Waals surface area contributed by atoms with Gasteiger partial charge < -0.3 is 5.73 Å². The minimum atomic E-state index is 0.570. The molecule has 0 saturated carbocycles. The van der Waals surface area contributed by atoms with Crippen molar-refractivity contribution in [3.05, 3.63) is 53.6 Å². The molecule has 16 heavy (non-hydrogen) atoms. The molecular formula is C14H18N2. The van der Waals surface area contributed by atoms with Crippen molar-refractivity contribution in [3.8, 4) is 0 Å². The second-order valence-electron chi connectivity index (χ2n) is 3.60. The Balaban J connectivity index is 2.89. The van der Waals surface area contributed by atoms with Crippen LogP contribution in [-0.2, 0) is 6.54 Å². The molecule has 0 aliphatic heterocycles. The molecule has 2 heteroatoms. The largest absolute Gasteiger partial charge is 0.326 e. The van der Waals surface area contributed by atoms with E-state index in [0.717, 1.165) is 16.8 Å². The Kier molecular flexibility index (Phi) is 4.67. The lowest BCUT2D eigenvalue weighted by Crippen LogP contribution is -1.99. The van der Waals surface area contributed by atoms with Gasteiger partial charge in [0.05, 0.1) is 5.70 Å². The maximum absolute atomic E-state index is 5.61. The second kappa shape index (κ2) is 6.03. The molecule has 1 aromatic rings. The highest BCUT2D eigenvalue weighted by Crippen LogP contribution is 2.17. The van der Waals surface area contributed by atoms with Gasteiger partial charge in [0.1, 0.15) is 0 Å². The zero-order valence-electron chi connectivity index (χ0n) is 9.90. The van der Waals surface area contributed by atoms with Crippen LogP contribution in [0.15, 0.2) is 41.9 Å². The number of benzene rings is 1. The molecule has 1 aromatic carbocycles. The fraction of sp³-hybridized carbons (Fsp3) is 0.214. The molecule has 0 bridgehead atoms. The first kappa shape index (κ1) is 12.4. The third-order valence-electron chi connectivity index (χ3n) is 2.40. The van der Waals surface area contributed by atoms with Crippen LogP contribution in [0, 0.1) is 6.92 Å². The average Bonchev–Trinajstić information content (AvgIpc) is 2.29. The summed E-state index contributed by atoms with van der Waals surface area (Å²) >= 11 is 0. The zero-order valence-corrected chi connectivity index (χ0v) is 9.90. The number of hydrogen-bond donors (Lipinski definition) is 1. The number of nitrogens with zero attached hydrogens (tertiary/aromatic N) is 1. The van der Waals surface area contributed by atoms with E-state index >= 15 is 0 Å². The van der Waals surface area contributed by atoms with Gasteiger partial charge >= 0.3 is 0 Å². The number of rotatable bonds is 4. The van der Waals surface area contributed by atoms with E-state index in [2.05, 4.69) is 24.6 Å². The van der Waals surface area contributed by atoms with Gasteiger partial charge in [-0.05, 0) is 42.7 Å². The molecule has 0 unspecified atom stereocenters. The average molecular weight is 214 g/mol. The summed E-state index contributed by atoms with van der Waals surface area (Å²) in [5.74, 6) is 0. The molecule has 0 amide bonds. The highest BCUT2D eigenvalue weighted by atomic mass is 14.7. The van der Waals surface area contributed by atoms with E-state index in [4.69, 9.17) is 5.73 Å². The fourth-order valence-corrected chi connectivity index (χ4v) is 1.40. The summed E-state index contributed by atoms with van der Waals surface area (Å²) < 4.78 is 0. The highest BCUT2D eigenvalue weighted by molar-refractivity contribution is 5.79. The van der Waals surface area contributed by atoms with Crippen LogP contribution in [0.1, 0.15) is 23.6 Å².